The summed E-state index contributed by atoms with van der Waals surface area (Å²) in [6.45, 7) is 0.128. The quantitative estimate of drug-likeness (QED) is 0.915. The van der Waals surface area contributed by atoms with Crippen LogP contribution in [0.25, 0.3) is 10.6 Å². The zero-order chi connectivity index (χ0) is 13.0. The van der Waals surface area contributed by atoms with Crippen molar-refractivity contribution in [3.8, 4) is 16.6 Å². The average Bonchev–Trinajstić information content (AvgIpc) is 2.85. The molecule has 6 heteroatoms. The number of nitrogens with two attached hydrogens (primary N) is 1. The van der Waals surface area contributed by atoms with E-state index in [1.807, 2.05) is 12.1 Å². The molecule has 90 valence electrons. The Morgan fingerprint density at radius 2 is 2.17 bits per heavy atom. The van der Waals surface area contributed by atoms with E-state index in [-0.39, 0.29) is 6.61 Å². The van der Waals surface area contributed by atoms with Crippen LogP contribution in [0.3, 0.4) is 0 Å². The van der Waals surface area contributed by atoms with Crippen LogP contribution in [0.4, 0.5) is 4.79 Å². The van der Waals surface area contributed by atoms with Gasteiger partial charge in [0.05, 0.1) is 16.5 Å². The molecule has 0 aliphatic heterocycles. The predicted octanol–water partition coefficient (Wildman–Crippen LogP) is 2.28. The number of nitrogens with zero attached hydrogens (tertiary/aromatic N) is 2. The molecule has 1 aromatic heterocycles. The fourth-order valence-corrected chi connectivity index (χ4v) is 2.17. The van der Waals surface area contributed by atoms with Crippen molar-refractivity contribution >= 4 is 17.4 Å². The molecule has 0 atom stereocenters. The fraction of sp³-hybridized carbons (Fsp3) is 0.0833. The summed E-state index contributed by atoms with van der Waals surface area (Å²) in [5.41, 5.74) is 6.41. The van der Waals surface area contributed by atoms with Gasteiger partial charge >= 0.3 is 6.09 Å². The molecule has 0 aliphatic rings. The van der Waals surface area contributed by atoms with Crippen LogP contribution in [0.5, 0.6) is 0 Å². The minimum atomic E-state index is -0.802. The number of thiazole rings is 1. The van der Waals surface area contributed by atoms with Crippen LogP contribution >= 0.6 is 11.3 Å². The molecule has 0 radical (unpaired) electrons. The lowest BCUT2D eigenvalue weighted by Gasteiger charge is -1.97. The maximum Gasteiger partial charge on any atom is 0.404 e. The van der Waals surface area contributed by atoms with E-state index in [1.54, 1.807) is 18.3 Å². The molecule has 0 aliphatic carbocycles. The topological polar surface area (TPSA) is 89.0 Å². The van der Waals surface area contributed by atoms with E-state index in [4.69, 9.17) is 11.0 Å². The molecule has 5 nitrogen and oxygen atoms in total. The van der Waals surface area contributed by atoms with E-state index < -0.39 is 6.09 Å². The van der Waals surface area contributed by atoms with Gasteiger partial charge in [0.1, 0.15) is 11.6 Å². The minimum absolute atomic E-state index is 0.128. The summed E-state index contributed by atoms with van der Waals surface area (Å²) in [7, 11) is 0. The molecule has 18 heavy (non-hydrogen) atoms. The molecular formula is C12H9N3O2S. The first-order valence-corrected chi connectivity index (χ1v) is 5.88. The van der Waals surface area contributed by atoms with Gasteiger partial charge in [0.15, 0.2) is 0 Å². The lowest BCUT2D eigenvalue weighted by Crippen LogP contribution is -2.12. The second-order valence-electron chi connectivity index (χ2n) is 3.43. The Kier molecular flexibility index (Phi) is 3.55. The van der Waals surface area contributed by atoms with Crippen molar-refractivity contribution in [3.63, 3.8) is 0 Å². The molecule has 0 unspecified atom stereocenters. The fourth-order valence-electron chi connectivity index (χ4n) is 1.34. The van der Waals surface area contributed by atoms with Crippen molar-refractivity contribution in [2.45, 2.75) is 6.61 Å². The number of hydrogen-bond donors (Lipinski definition) is 1. The van der Waals surface area contributed by atoms with Crippen LogP contribution in [-0.2, 0) is 11.3 Å². The van der Waals surface area contributed by atoms with Crippen molar-refractivity contribution in [2.24, 2.45) is 5.73 Å². The Labute approximate surface area is 107 Å². The molecule has 1 amide bonds. The smallest absolute Gasteiger partial charge is 0.404 e. The van der Waals surface area contributed by atoms with Crippen LogP contribution in [0.2, 0.25) is 0 Å². The summed E-state index contributed by atoms with van der Waals surface area (Å²) in [5, 5.41) is 9.51. The summed E-state index contributed by atoms with van der Waals surface area (Å²) in [6, 6.07) is 9.18. The molecule has 0 bridgehead atoms. The highest BCUT2D eigenvalue weighted by Crippen LogP contribution is 2.25. The molecule has 0 fully saturated rings. The van der Waals surface area contributed by atoms with E-state index in [0.29, 0.717) is 5.56 Å². The Morgan fingerprint density at radius 3 is 2.78 bits per heavy atom. The standard InChI is InChI=1S/C12H9N3O2S/c13-5-8-1-3-9(4-2-8)11-15-6-10(18-11)7-17-12(14)16/h1-4,6H,7H2,(H2,14,16). The molecule has 1 heterocycles. The summed E-state index contributed by atoms with van der Waals surface area (Å²) in [5.74, 6) is 0. The van der Waals surface area contributed by atoms with Gasteiger partial charge < -0.3 is 10.5 Å². The van der Waals surface area contributed by atoms with Crippen LogP contribution < -0.4 is 5.73 Å². The lowest BCUT2D eigenvalue weighted by molar-refractivity contribution is 0.151. The van der Waals surface area contributed by atoms with Crippen molar-refractivity contribution in [3.05, 3.63) is 40.9 Å². The predicted molar refractivity (Wildman–Crippen MR) is 66.6 cm³/mol. The number of amides is 1. The highest BCUT2D eigenvalue weighted by Gasteiger charge is 2.06. The van der Waals surface area contributed by atoms with Gasteiger partial charge in [0, 0.05) is 11.8 Å². The van der Waals surface area contributed by atoms with Gasteiger partial charge in [0.25, 0.3) is 0 Å². The molecule has 0 spiro atoms. The number of nitriles is 1. The van der Waals surface area contributed by atoms with Gasteiger partial charge in [-0.1, -0.05) is 12.1 Å². The van der Waals surface area contributed by atoms with Gasteiger partial charge in [-0.05, 0) is 12.1 Å². The van der Waals surface area contributed by atoms with E-state index in [9.17, 15) is 4.79 Å². The van der Waals surface area contributed by atoms with Crippen LogP contribution in [0.1, 0.15) is 10.4 Å². The summed E-state index contributed by atoms with van der Waals surface area (Å²) >= 11 is 1.41. The van der Waals surface area contributed by atoms with E-state index >= 15 is 0 Å². The molecular weight excluding hydrogens is 250 g/mol. The highest BCUT2D eigenvalue weighted by atomic mass is 32.1. The third kappa shape index (κ3) is 2.84. The Hall–Kier alpha value is -2.39. The zero-order valence-corrected chi connectivity index (χ0v) is 10.1. The first kappa shape index (κ1) is 12.1. The highest BCUT2D eigenvalue weighted by molar-refractivity contribution is 7.15. The third-order valence-corrected chi connectivity index (χ3v) is 3.19. The number of primary amides is 1. The van der Waals surface area contributed by atoms with E-state index in [1.165, 1.54) is 11.3 Å². The van der Waals surface area contributed by atoms with Crippen molar-refractivity contribution < 1.29 is 9.53 Å². The van der Waals surface area contributed by atoms with E-state index in [2.05, 4.69) is 15.8 Å². The molecule has 0 saturated carbocycles. The maximum absolute atomic E-state index is 10.5. The van der Waals surface area contributed by atoms with E-state index in [0.717, 1.165) is 15.4 Å². The SMILES string of the molecule is N#Cc1ccc(-c2ncc(COC(N)=O)s2)cc1. The zero-order valence-electron chi connectivity index (χ0n) is 9.29. The maximum atomic E-state index is 10.5. The van der Waals surface area contributed by atoms with Gasteiger partial charge in [-0.15, -0.1) is 11.3 Å². The third-order valence-electron chi connectivity index (χ3n) is 2.17. The normalized spacial score (nSPS) is 9.72. The first-order chi connectivity index (χ1) is 8.69. The molecule has 2 aromatic rings. The number of carbonyl (C=O) groups excluding carboxylic acids is 1. The molecule has 2 rings (SSSR count). The number of benzene rings is 1. The second-order valence-corrected chi connectivity index (χ2v) is 4.54. The van der Waals surface area contributed by atoms with Crippen molar-refractivity contribution in [2.75, 3.05) is 0 Å². The number of ether oxygens (including phenoxy) is 1. The van der Waals surface area contributed by atoms with Crippen molar-refractivity contribution in [1.82, 2.24) is 4.98 Å². The molecule has 1 aromatic carbocycles. The Balaban J connectivity index is 2.13. The monoisotopic (exact) mass is 259 g/mol. The summed E-state index contributed by atoms with van der Waals surface area (Å²) < 4.78 is 4.68. The number of carbonyl (C=O) groups is 1. The average molecular weight is 259 g/mol. The minimum Gasteiger partial charge on any atom is -0.444 e. The lowest BCUT2D eigenvalue weighted by atomic mass is 10.1. The Bertz CT molecular complexity index is 599. The van der Waals surface area contributed by atoms with Gasteiger partial charge in [0.2, 0.25) is 0 Å². The second kappa shape index (κ2) is 5.29. The van der Waals surface area contributed by atoms with Gasteiger partial charge in [-0.25, -0.2) is 9.78 Å². The summed E-state index contributed by atoms with van der Waals surface area (Å²) in [4.78, 5) is 15.5. The number of rotatable bonds is 3. The van der Waals surface area contributed by atoms with Crippen LogP contribution in [-0.4, -0.2) is 11.1 Å². The van der Waals surface area contributed by atoms with Gasteiger partial charge in [-0.2, -0.15) is 5.26 Å². The van der Waals surface area contributed by atoms with Crippen molar-refractivity contribution in [1.29, 1.82) is 5.26 Å². The molecule has 2 N–H and O–H groups in total. The molecule has 0 saturated heterocycles. The largest absolute Gasteiger partial charge is 0.444 e. The number of hydrogen-bond acceptors (Lipinski definition) is 5. The summed E-state index contributed by atoms with van der Waals surface area (Å²) in [6.07, 6.45) is 0.838. The Morgan fingerprint density at radius 1 is 1.44 bits per heavy atom. The van der Waals surface area contributed by atoms with Gasteiger partial charge in [-0.3, -0.25) is 0 Å². The number of aromatic nitrogens is 1. The van der Waals surface area contributed by atoms with Crippen LogP contribution in [0, 0.1) is 11.3 Å². The first-order valence-electron chi connectivity index (χ1n) is 5.06. The van der Waals surface area contributed by atoms with Crippen LogP contribution in [0.15, 0.2) is 30.5 Å².